The Bertz CT molecular complexity index is 735. The van der Waals surface area contributed by atoms with Crippen LogP contribution >= 0.6 is 11.3 Å². The molecule has 1 amide bonds. The maximum absolute atomic E-state index is 12.3. The summed E-state index contributed by atoms with van der Waals surface area (Å²) in [6.45, 7) is 5.13. The predicted molar refractivity (Wildman–Crippen MR) is 95.1 cm³/mol. The molecule has 0 bridgehead atoms. The number of hydrogen-bond acceptors (Lipinski definition) is 4. The Labute approximate surface area is 146 Å². The summed E-state index contributed by atoms with van der Waals surface area (Å²) in [6, 6.07) is 8.21. The van der Waals surface area contributed by atoms with Crippen molar-refractivity contribution in [2.75, 3.05) is 7.05 Å². The summed E-state index contributed by atoms with van der Waals surface area (Å²) < 4.78 is 0. The van der Waals surface area contributed by atoms with Gasteiger partial charge in [0.2, 0.25) is 5.91 Å². The van der Waals surface area contributed by atoms with E-state index in [1.165, 1.54) is 42.7 Å². The largest absolute Gasteiger partial charge is 0.480 e. The summed E-state index contributed by atoms with van der Waals surface area (Å²) in [6.07, 6.45) is 1.08. The van der Waals surface area contributed by atoms with Crippen LogP contribution in [0.5, 0.6) is 0 Å². The molecule has 0 aliphatic carbocycles. The van der Waals surface area contributed by atoms with Gasteiger partial charge in [0.05, 0.1) is 12.1 Å². The van der Waals surface area contributed by atoms with Crippen molar-refractivity contribution in [2.45, 2.75) is 39.2 Å². The van der Waals surface area contributed by atoms with Crippen LogP contribution in [0, 0.1) is 0 Å². The highest BCUT2D eigenvalue weighted by Crippen LogP contribution is 2.25. The number of carbonyl (C=O) groups is 2. The van der Waals surface area contributed by atoms with E-state index in [4.69, 9.17) is 0 Å². The van der Waals surface area contributed by atoms with Gasteiger partial charge in [-0.3, -0.25) is 4.79 Å². The van der Waals surface area contributed by atoms with Crippen molar-refractivity contribution in [1.82, 2.24) is 9.88 Å². The summed E-state index contributed by atoms with van der Waals surface area (Å²) in [5.41, 5.74) is 1.71. The summed E-state index contributed by atoms with van der Waals surface area (Å²) >= 11 is 1.49. The lowest BCUT2D eigenvalue weighted by Gasteiger charge is -2.31. The Morgan fingerprint density at radius 2 is 1.88 bits per heavy atom. The average molecular weight is 346 g/mol. The lowest BCUT2D eigenvalue weighted by atomic mass is 10.0. The zero-order valence-corrected chi connectivity index (χ0v) is 15.2. The van der Waals surface area contributed by atoms with E-state index in [0.29, 0.717) is 5.69 Å². The van der Waals surface area contributed by atoms with Crippen molar-refractivity contribution in [2.24, 2.45) is 0 Å². The number of carboxylic acids is 1. The number of aromatic nitrogens is 1. The topological polar surface area (TPSA) is 70.5 Å². The van der Waals surface area contributed by atoms with Crippen LogP contribution in [0.1, 0.15) is 32.0 Å². The van der Waals surface area contributed by atoms with Crippen LogP contribution in [0.25, 0.3) is 10.6 Å². The Morgan fingerprint density at radius 3 is 2.42 bits per heavy atom. The monoisotopic (exact) mass is 346 g/mol. The zero-order valence-electron chi connectivity index (χ0n) is 14.4. The first-order valence-corrected chi connectivity index (χ1v) is 8.67. The molecule has 24 heavy (non-hydrogen) atoms. The molecule has 128 valence electrons. The van der Waals surface area contributed by atoms with Gasteiger partial charge in [0, 0.05) is 18.0 Å². The molecule has 0 fully saturated rings. The molecule has 2 aromatic rings. The van der Waals surface area contributed by atoms with Gasteiger partial charge in [0.1, 0.15) is 10.5 Å². The highest BCUT2D eigenvalue weighted by atomic mass is 32.1. The van der Waals surface area contributed by atoms with Crippen LogP contribution in [0.15, 0.2) is 29.6 Å². The Kier molecular flexibility index (Phi) is 5.39. The molecular weight excluding hydrogens is 324 g/mol. The van der Waals surface area contributed by atoms with Gasteiger partial charge >= 0.3 is 5.97 Å². The molecular formula is C18H22N2O3S. The lowest BCUT2D eigenvalue weighted by Crippen LogP contribution is -2.51. The number of benzene rings is 1. The molecule has 0 radical (unpaired) electrons. The van der Waals surface area contributed by atoms with E-state index in [2.05, 4.69) is 24.0 Å². The molecule has 0 spiro atoms. The molecule has 0 aliphatic rings. The van der Waals surface area contributed by atoms with Crippen molar-refractivity contribution in [3.63, 3.8) is 0 Å². The average Bonchev–Trinajstić information content (AvgIpc) is 3.02. The minimum Gasteiger partial charge on any atom is -0.480 e. The molecule has 0 saturated heterocycles. The number of nitrogens with zero attached hydrogens (tertiary/aromatic N) is 2. The maximum atomic E-state index is 12.3. The van der Waals surface area contributed by atoms with Crippen LogP contribution in [-0.2, 0) is 22.4 Å². The summed E-state index contributed by atoms with van der Waals surface area (Å²) in [5, 5.41) is 11.9. The normalized spacial score (nSPS) is 11.3. The molecule has 0 unspecified atom stereocenters. The number of carbonyl (C=O) groups excluding carboxylic acids is 1. The second-order valence-corrected chi connectivity index (χ2v) is 7.05. The molecule has 1 heterocycles. The first-order chi connectivity index (χ1) is 11.3. The minimum absolute atomic E-state index is 0.0940. The minimum atomic E-state index is -1.24. The number of hydrogen-bond donors (Lipinski definition) is 1. The number of aryl methyl sites for hydroxylation is 1. The van der Waals surface area contributed by atoms with Gasteiger partial charge in [-0.2, -0.15) is 0 Å². The van der Waals surface area contributed by atoms with E-state index in [-0.39, 0.29) is 12.3 Å². The van der Waals surface area contributed by atoms with Crippen molar-refractivity contribution >= 4 is 23.2 Å². The van der Waals surface area contributed by atoms with Gasteiger partial charge in [-0.05, 0) is 25.8 Å². The number of carboxylic acid groups (broad SMARTS) is 1. The Morgan fingerprint density at radius 1 is 1.25 bits per heavy atom. The van der Waals surface area contributed by atoms with Gasteiger partial charge in [-0.1, -0.05) is 31.2 Å². The number of aliphatic carboxylic acids is 1. The van der Waals surface area contributed by atoms with E-state index in [1.807, 2.05) is 17.5 Å². The fraction of sp³-hybridized carbons (Fsp3) is 0.389. The van der Waals surface area contributed by atoms with Crippen LogP contribution < -0.4 is 0 Å². The van der Waals surface area contributed by atoms with E-state index in [1.54, 1.807) is 0 Å². The number of amides is 1. The fourth-order valence-electron chi connectivity index (χ4n) is 2.13. The quantitative estimate of drug-likeness (QED) is 0.872. The highest BCUT2D eigenvalue weighted by molar-refractivity contribution is 7.13. The SMILES string of the molecule is CCc1ccc(-c2nc(CC(=O)N(C)C(C)(C)C(=O)O)cs2)cc1. The smallest absolute Gasteiger partial charge is 0.329 e. The van der Waals surface area contributed by atoms with Crippen LogP contribution in [0.4, 0.5) is 0 Å². The molecule has 1 N–H and O–H groups in total. The van der Waals surface area contributed by atoms with E-state index < -0.39 is 11.5 Å². The molecule has 2 rings (SSSR count). The van der Waals surface area contributed by atoms with Gasteiger partial charge in [-0.25, -0.2) is 9.78 Å². The van der Waals surface area contributed by atoms with Gasteiger partial charge in [0.25, 0.3) is 0 Å². The Balaban J connectivity index is 2.10. The van der Waals surface area contributed by atoms with E-state index >= 15 is 0 Å². The third-order valence-corrected chi connectivity index (χ3v) is 5.17. The fourth-order valence-corrected chi connectivity index (χ4v) is 2.96. The molecule has 0 atom stereocenters. The van der Waals surface area contributed by atoms with Crippen molar-refractivity contribution in [3.05, 3.63) is 40.9 Å². The number of likely N-dealkylation sites (N-methyl/N-ethyl adjacent to an activating group) is 1. The van der Waals surface area contributed by atoms with Crippen molar-refractivity contribution in [3.8, 4) is 10.6 Å². The summed E-state index contributed by atoms with van der Waals surface area (Å²) in [7, 11) is 1.51. The van der Waals surface area contributed by atoms with E-state index in [0.717, 1.165) is 17.0 Å². The third-order valence-electron chi connectivity index (χ3n) is 4.23. The maximum Gasteiger partial charge on any atom is 0.329 e. The zero-order chi connectivity index (χ0) is 17.9. The first kappa shape index (κ1) is 18.1. The lowest BCUT2D eigenvalue weighted by molar-refractivity contribution is -0.155. The first-order valence-electron chi connectivity index (χ1n) is 7.79. The van der Waals surface area contributed by atoms with Gasteiger partial charge in [-0.15, -0.1) is 11.3 Å². The summed E-state index contributed by atoms with van der Waals surface area (Å²) in [5.74, 6) is -1.30. The van der Waals surface area contributed by atoms with Crippen LogP contribution in [-0.4, -0.2) is 39.5 Å². The van der Waals surface area contributed by atoms with Crippen LogP contribution in [0.3, 0.4) is 0 Å². The van der Waals surface area contributed by atoms with Crippen molar-refractivity contribution < 1.29 is 14.7 Å². The predicted octanol–water partition coefficient (Wildman–Crippen LogP) is 3.24. The summed E-state index contributed by atoms with van der Waals surface area (Å²) in [4.78, 5) is 29.3. The molecule has 1 aromatic heterocycles. The third kappa shape index (κ3) is 3.82. The van der Waals surface area contributed by atoms with Crippen molar-refractivity contribution in [1.29, 1.82) is 0 Å². The molecule has 0 saturated carbocycles. The number of thiazole rings is 1. The number of rotatable bonds is 6. The Hall–Kier alpha value is -2.21. The molecule has 6 heteroatoms. The van der Waals surface area contributed by atoms with Gasteiger partial charge in [0.15, 0.2) is 0 Å². The van der Waals surface area contributed by atoms with Gasteiger partial charge < -0.3 is 10.0 Å². The van der Waals surface area contributed by atoms with Crippen LogP contribution in [0.2, 0.25) is 0 Å². The molecule has 1 aromatic carbocycles. The second kappa shape index (κ2) is 7.13. The second-order valence-electron chi connectivity index (χ2n) is 6.19. The van der Waals surface area contributed by atoms with E-state index in [9.17, 15) is 14.7 Å². The molecule has 5 nitrogen and oxygen atoms in total. The standard InChI is InChI=1S/C18H22N2O3S/c1-5-12-6-8-13(9-7-12)16-19-14(11-24-16)10-15(21)20(4)18(2,3)17(22)23/h6-9,11H,5,10H2,1-4H3,(H,22,23). The highest BCUT2D eigenvalue weighted by Gasteiger charge is 2.35. The molecule has 0 aliphatic heterocycles.